The van der Waals surface area contributed by atoms with E-state index in [0.717, 1.165) is 32.4 Å². The van der Waals surface area contributed by atoms with Crippen molar-refractivity contribution in [3.63, 3.8) is 0 Å². The van der Waals surface area contributed by atoms with E-state index in [9.17, 15) is 14.4 Å². The first-order valence-corrected chi connectivity index (χ1v) is 9.61. The van der Waals surface area contributed by atoms with Crippen molar-refractivity contribution in [2.24, 2.45) is 11.3 Å². The highest BCUT2D eigenvalue weighted by molar-refractivity contribution is 6.21. The maximum absolute atomic E-state index is 12.4. The van der Waals surface area contributed by atoms with Gasteiger partial charge in [-0.05, 0) is 58.1 Å². The predicted octanol–water partition coefficient (Wildman–Crippen LogP) is 3.32. The lowest BCUT2D eigenvalue weighted by atomic mass is 9.57. The molecular weight excluding hydrogens is 344 g/mol. The Bertz CT molecular complexity index is 762. The summed E-state index contributed by atoms with van der Waals surface area (Å²) in [6, 6.07) is 7.01. The molecule has 6 nitrogen and oxygen atoms in total. The second-order valence-electron chi connectivity index (χ2n) is 9.21. The second-order valence-corrected chi connectivity index (χ2v) is 9.21. The molecule has 0 unspecified atom stereocenters. The zero-order valence-corrected chi connectivity index (χ0v) is 16.2. The molecule has 1 saturated carbocycles. The van der Waals surface area contributed by atoms with Gasteiger partial charge in [0.05, 0.1) is 11.1 Å². The minimum atomic E-state index is -0.464. The maximum Gasteiger partial charge on any atom is 0.410 e. The summed E-state index contributed by atoms with van der Waals surface area (Å²) >= 11 is 0. The molecule has 27 heavy (non-hydrogen) atoms. The van der Waals surface area contributed by atoms with E-state index < -0.39 is 5.60 Å². The molecule has 1 saturated heterocycles. The lowest BCUT2D eigenvalue weighted by Crippen LogP contribution is -2.64. The number of hydrogen-bond acceptors (Lipinski definition) is 4. The van der Waals surface area contributed by atoms with E-state index in [0.29, 0.717) is 23.6 Å². The van der Waals surface area contributed by atoms with Crippen LogP contribution >= 0.6 is 0 Å². The van der Waals surface area contributed by atoms with Crippen molar-refractivity contribution < 1.29 is 19.1 Å². The molecule has 3 amide bonds. The molecule has 0 bridgehead atoms. The van der Waals surface area contributed by atoms with Crippen LogP contribution in [0.2, 0.25) is 0 Å². The average Bonchev–Trinajstić information content (AvgIpc) is 2.75. The van der Waals surface area contributed by atoms with Crippen LogP contribution in [-0.4, -0.2) is 52.9 Å². The van der Waals surface area contributed by atoms with Crippen LogP contribution in [-0.2, 0) is 4.74 Å². The van der Waals surface area contributed by atoms with Crippen LogP contribution in [0.25, 0.3) is 0 Å². The first-order chi connectivity index (χ1) is 12.7. The monoisotopic (exact) mass is 370 g/mol. The number of nitrogens with zero attached hydrogens (tertiary/aromatic N) is 2. The Balaban J connectivity index is 1.23. The molecule has 2 fully saturated rings. The predicted molar refractivity (Wildman–Crippen MR) is 99.4 cm³/mol. The van der Waals surface area contributed by atoms with Gasteiger partial charge in [-0.3, -0.25) is 14.5 Å². The Labute approximate surface area is 159 Å². The van der Waals surface area contributed by atoms with Crippen molar-refractivity contribution in [1.82, 2.24) is 9.80 Å². The van der Waals surface area contributed by atoms with Gasteiger partial charge in [0.25, 0.3) is 11.8 Å². The summed E-state index contributed by atoms with van der Waals surface area (Å²) in [5.74, 6) is 0.156. The number of benzene rings is 1. The van der Waals surface area contributed by atoms with Crippen molar-refractivity contribution in [2.75, 3.05) is 19.6 Å². The van der Waals surface area contributed by atoms with E-state index in [1.165, 1.54) is 4.90 Å². The van der Waals surface area contributed by atoms with E-state index >= 15 is 0 Å². The molecule has 0 radical (unpaired) electrons. The van der Waals surface area contributed by atoms with Crippen molar-refractivity contribution >= 4 is 17.9 Å². The lowest BCUT2D eigenvalue weighted by Gasteiger charge is -2.59. The topological polar surface area (TPSA) is 66.9 Å². The largest absolute Gasteiger partial charge is 0.444 e. The molecule has 6 heteroatoms. The fraction of sp³-hybridized carbons (Fsp3) is 0.571. The van der Waals surface area contributed by atoms with Gasteiger partial charge in [0.2, 0.25) is 0 Å². The van der Waals surface area contributed by atoms with E-state index in [2.05, 4.69) is 0 Å². The number of hydrogen-bond donors (Lipinski definition) is 0. The molecule has 1 spiro atoms. The number of amides is 3. The Hall–Kier alpha value is -2.37. The van der Waals surface area contributed by atoms with Gasteiger partial charge in [-0.1, -0.05) is 12.1 Å². The van der Waals surface area contributed by atoms with E-state index in [1.54, 1.807) is 29.2 Å². The van der Waals surface area contributed by atoms with Crippen LogP contribution in [0.5, 0.6) is 0 Å². The van der Waals surface area contributed by atoms with Crippen LogP contribution in [0, 0.1) is 11.3 Å². The van der Waals surface area contributed by atoms with Gasteiger partial charge in [0, 0.05) is 25.0 Å². The highest BCUT2D eigenvalue weighted by Crippen LogP contribution is 2.53. The van der Waals surface area contributed by atoms with Gasteiger partial charge in [0.15, 0.2) is 0 Å². The van der Waals surface area contributed by atoms with Crippen LogP contribution in [0.1, 0.15) is 60.7 Å². The molecule has 0 atom stereocenters. The minimum absolute atomic E-state index is 0.176. The first-order valence-electron chi connectivity index (χ1n) is 9.61. The molecule has 2 aliphatic heterocycles. The zero-order chi connectivity index (χ0) is 19.4. The van der Waals surface area contributed by atoms with Gasteiger partial charge < -0.3 is 9.64 Å². The van der Waals surface area contributed by atoms with Crippen molar-refractivity contribution in [1.29, 1.82) is 0 Å². The van der Waals surface area contributed by atoms with Crippen molar-refractivity contribution in [3.8, 4) is 0 Å². The Morgan fingerprint density at radius 2 is 1.67 bits per heavy atom. The average molecular weight is 370 g/mol. The van der Waals surface area contributed by atoms with Gasteiger partial charge in [0.1, 0.15) is 5.60 Å². The standard InChI is InChI=1S/C21H26N2O4/c1-20(2,3)27-19(26)22-12-21(13-22)10-14(11-21)8-9-23-17(24)15-6-4-5-7-16(15)18(23)25/h4-7,14H,8-13H2,1-3H3. The van der Waals surface area contributed by atoms with Gasteiger partial charge in [-0.25, -0.2) is 4.79 Å². The highest BCUT2D eigenvalue weighted by atomic mass is 16.6. The molecule has 1 aromatic rings. The van der Waals surface area contributed by atoms with Crippen molar-refractivity contribution in [2.45, 2.75) is 45.6 Å². The maximum atomic E-state index is 12.4. The summed E-state index contributed by atoms with van der Waals surface area (Å²) in [4.78, 5) is 40.0. The molecule has 144 valence electrons. The van der Waals surface area contributed by atoms with Gasteiger partial charge >= 0.3 is 6.09 Å². The fourth-order valence-electron chi connectivity index (χ4n) is 4.60. The molecule has 3 aliphatic rings. The van der Waals surface area contributed by atoms with E-state index in [1.807, 2.05) is 20.8 Å². The third-order valence-corrected chi connectivity index (χ3v) is 5.79. The third kappa shape index (κ3) is 3.22. The summed E-state index contributed by atoms with van der Waals surface area (Å²) in [5.41, 5.74) is 0.789. The molecule has 1 aromatic carbocycles. The molecule has 4 rings (SSSR count). The second kappa shape index (κ2) is 6.08. The fourth-order valence-corrected chi connectivity index (χ4v) is 4.60. The number of carbonyl (C=O) groups excluding carboxylic acids is 3. The molecular formula is C21H26N2O4. The number of ether oxygens (including phenoxy) is 1. The first kappa shape index (κ1) is 18.0. The zero-order valence-electron chi connectivity index (χ0n) is 16.2. The summed E-state index contributed by atoms with van der Waals surface area (Å²) < 4.78 is 5.41. The molecule has 0 N–H and O–H groups in total. The SMILES string of the molecule is CC(C)(C)OC(=O)N1CC2(CC(CCN3C(=O)c4ccccc4C3=O)C2)C1. The Morgan fingerprint density at radius 3 is 2.19 bits per heavy atom. The van der Waals surface area contributed by atoms with Gasteiger partial charge in [-0.2, -0.15) is 0 Å². The minimum Gasteiger partial charge on any atom is -0.444 e. The lowest BCUT2D eigenvalue weighted by molar-refractivity contribution is -0.0970. The summed E-state index contributed by atoms with van der Waals surface area (Å²) in [5, 5.41) is 0. The summed E-state index contributed by atoms with van der Waals surface area (Å²) in [6.07, 6.45) is 2.70. The van der Waals surface area contributed by atoms with E-state index in [-0.39, 0.29) is 23.3 Å². The van der Waals surface area contributed by atoms with E-state index in [4.69, 9.17) is 4.74 Å². The van der Waals surface area contributed by atoms with Crippen LogP contribution in [0.15, 0.2) is 24.3 Å². The molecule has 2 heterocycles. The molecule has 1 aliphatic carbocycles. The summed E-state index contributed by atoms with van der Waals surface area (Å²) in [6.45, 7) is 7.61. The molecule has 0 aromatic heterocycles. The summed E-state index contributed by atoms with van der Waals surface area (Å²) in [7, 11) is 0. The van der Waals surface area contributed by atoms with Gasteiger partial charge in [-0.15, -0.1) is 0 Å². The number of rotatable bonds is 3. The quantitative estimate of drug-likeness (QED) is 0.766. The van der Waals surface area contributed by atoms with Crippen LogP contribution in [0.3, 0.4) is 0 Å². The number of carbonyl (C=O) groups is 3. The Kier molecular flexibility index (Phi) is 4.05. The van der Waals surface area contributed by atoms with Crippen molar-refractivity contribution in [3.05, 3.63) is 35.4 Å². The Morgan fingerprint density at radius 1 is 1.11 bits per heavy atom. The highest BCUT2D eigenvalue weighted by Gasteiger charge is 2.54. The smallest absolute Gasteiger partial charge is 0.410 e. The number of imide groups is 1. The van der Waals surface area contributed by atoms with Crippen LogP contribution < -0.4 is 0 Å². The van der Waals surface area contributed by atoms with Crippen LogP contribution in [0.4, 0.5) is 4.79 Å². The normalized spacial score (nSPS) is 21.1. The third-order valence-electron chi connectivity index (χ3n) is 5.79. The number of fused-ring (bicyclic) bond motifs is 1. The number of likely N-dealkylation sites (tertiary alicyclic amines) is 1.